The molecule has 3 atom stereocenters. The molecule has 0 spiro atoms. The summed E-state index contributed by atoms with van der Waals surface area (Å²) in [5.41, 5.74) is 2.06. The van der Waals surface area contributed by atoms with Crippen molar-refractivity contribution in [3.8, 4) is 22.4 Å². The normalized spacial score (nSPS) is 18.9. The van der Waals surface area contributed by atoms with E-state index in [2.05, 4.69) is 26.0 Å². The summed E-state index contributed by atoms with van der Waals surface area (Å²) in [7, 11) is 3.11. The second-order valence-corrected chi connectivity index (χ2v) is 11.2. The highest BCUT2D eigenvalue weighted by Gasteiger charge is 2.53. The lowest BCUT2D eigenvalue weighted by Crippen LogP contribution is -2.32. The van der Waals surface area contributed by atoms with E-state index in [9.17, 15) is 9.59 Å². The molecule has 3 heterocycles. The Hall–Kier alpha value is -4.13. The number of aromatic nitrogens is 4. The van der Waals surface area contributed by atoms with Crippen LogP contribution in [0, 0.1) is 30.4 Å². The van der Waals surface area contributed by atoms with Crippen molar-refractivity contribution in [3.63, 3.8) is 0 Å². The second-order valence-electron chi connectivity index (χ2n) is 10.8. The summed E-state index contributed by atoms with van der Waals surface area (Å²) in [6, 6.07) is 7.71. The molecule has 1 aliphatic heterocycles. The number of nitrogens with one attached hydrogen (secondary N) is 3. The van der Waals surface area contributed by atoms with E-state index in [1.54, 1.807) is 30.8 Å². The molecule has 1 unspecified atom stereocenters. The summed E-state index contributed by atoms with van der Waals surface area (Å²) in [5.74, 6) is -2.04. The van der Waals surface area contributed by atoms with Crippen molar-refractivity contribution in [2.45, 2.75) is 19.5 Å². The van der Waals surface area contributed by atoms with Crippen LogP contribution in [0.2, 0.25) is 5.02 Å². The number of benzene rings is 2. The Labute approximate surface area is 251 Å². The number of hydrogen-bond acceptors (Lipinski definition) is 6. The first kappa shape index (κ1) is 29.0. The van der Waals surface area contributed by atoms with Gasteiger partial charge in [-0.3, -0.25) is 14.3 Å². The van der Waals surface area contributed by atoms with Gasteiger partial charge in [-0.15, -0.1) is 0 Å². The van der Waals surface area contributed by atoms with Gasteiger partial charge in [0.25, 0.3) is 11.8 Å². The van der Waals surface area contributed by atoms with Crippen LogP contribution in [0.25, 0.3) is 22.4 Å². The number of amides is 2. The maximum atomic E-state index is 15.4. The second kappa shape index (κ2) is 11.5. The minimum atomic E-state index is -1.07. The molecular weight excluding hydrogens is 580 g/mol. The van der Waals surface area contributed by atoms with Crippen LogP contribution in [0.5, 0.6) is 0 Å². The van der Waals surface area contributed by atoms with Crippen LogP contribution in [-0.4, -0.2) is 64.0 Å². The Kier molecular flexibility index (Phi) is 7.75. The summed E-state index contributed by atoms with van der Waals surface area (Å²) in [6.07, 6.45) is 2.80. The van der Waals surface area contributed by atoms with E-state index in [4.69, 9.17) is 16.3 Å². The lowest BCUT2D eigenvalue weighted by Gasteiger charge is -2.12. The third kappa shape index (κ3) is 5.30. The molecule has 43 heavy (non-hydrogen) atoms. The zero-order valence-corrected chi connectivity index (χ0v) is 24.5. The Morgan fingerprint density at radius 2 is 1.79 bits per heavy atom. The number of nitrogens with zero attached hydrogens (tertiary/aromatic N) is 4. The first-order valence-corrected chi connectivity index (χ1v) is 14.2. The van der Waals surface area contributed by atoms with E-state index in [1.807, 2.05) is 0 Å². The van der Waals surface area contributed by atoms with Gasteiger partial charge in [0.2, 0.25) is 0 Å². The van der Waals surface area contributed by atoms with Gasteiger partial charge < -0.3 is 25.3 Å². The number of halogens is 3. The molecule has 224 valence electrons. The number of fused-ring (bicyclic) bond motifs is 1. The van der Waals surface area contributed by atoms with Gasteiger partial charge in [0.15, 0.2) is 17.5 Å². The molecule has 0 bridgehead atoms. The first-order valence-electron chi connectivity index (χ1n) is 13.8. The lowest BCUT2D eigenvalue weighted by molar-refractivity contribution is 0.0946. The molecular formula is C30H30ClF2N7O3. The number of carbonyl (C=O) groups is 2. The standard InChI is InChI=1S/C30H30ClF2N7O3/c1-15-20(13-36-40(15)8-9-43-3)17-6-7-19(26(33)25(17)32)24-14-35-28(39(24)2)30(42)37-16-4-5-18(23(31)10-16)29(41)38-27-21-11-34-12-22(21)27/h4-7,10,13-14,21-22,27,34H,8-9,11-12H2,1-3H3,(H,37,42)(H,38,41)/t21-,22?,27+/m0/s1. The minimum Gasteiger partial charge on any atom is -0.383 e. The highest BCUT2D eigenvalue weighted by molar-refractivity contribution is 6.34. The fraction of sp³-hybridized carbons (Fsp3) is 0.333. The topological polar surface area (TPSA) is 115 Å². The monoisotopic (exact) mass is 609 g/mol. The number of hydrogen-bond donors (Lipinski definition) is 3. The van der Waals surface area contributed by atoms with Gasteiger partial charge in [0.1, 0.15) is 0 Å². The molecule has 0 radical (unpaired) electrons. The number of piperidine rings is 1. The molecule has 2 aliphatic rings. The molecule has 2 aromatic heterocycles. The highest BCUT2D eigenvalue weighted by Crippen LogP contribution is 2.42. The van der Waals surface area contributed by atoms with Crippen LogP contribution in [0.4, 0.5) is 14.5 Å². The van der Waals surface area contributed by atoms with E-state index in [1.165, 1.54) is 42.2 Å². The van der Waals surface area contributed by atoms with Crippen molar-refractivity contribution in [3.05, 3.63) is 76.5 Å². The molecule has 2 aromatic carbocycles. The zero-order chi connectivity index (χ0) is 30.4. The van der Waals surface area contributed by atoms with Crippen LogP contribution in [0.15, 0.2) is 42.7 Å². The van der Waals surface area contributed by atoms with Gasteiger partial charge in [0.05, 0.1) is 41.8 Å². The van der Waals surface area contributed by atoms with Crippen molar-refractivity contribution in [1.29, 1.82) is 0 Å². The quantitative estimate of drug-likeness (QED) is 0.264. The number of anilines is 1. The van der Waals surface area contributed by atoms with Crippen LogP contribution in [0.3, 0.4) is 0 Å². The van der Waals surface area contributed by atoms with Gasteiger partial charge in [-0.2, -0.15) is 5.10 Å². The number of ether oxygens (including phenoxy) is 1. The van der Waals surface area contributed by atoms with Gasteiger partial charge in [-0.05, 0) is 43.0 Å². The molecule has 2 fully saturated rings. The predicted octanol–water partition coefficient (Wildman–Crippen LogP) is 4.04. The van der Waals surface area contributed by atoms with Crippen molar-refractivity contribution in [2.24, 2.45) is 18.9 Å². The van der Waals surface area contributed by atoms with Crippen molar-refractivity contribution < 1.29 is 23.1 Å². The molecule has 1 aliphatic carbocycles. The third-order valence-corrected chi connectivity index (χ3v) is 8.62. The highest BCUT2D eigenvalue weighted by atomic mass is 35.5. The molecule has 1 saturated heterocycles. The van der Waals surface area contributed by atoms with E-state index >= 15 is 8.78 Å². The largest absolute Gasteiger partial charge is 0.383 e. The molecule has 3 N–H and O–H groups in total. The maximum absolute atomic E-state index is 15.4. The molecule has 1 saturated carbocycles. The number of methoxy groups -OCH3 is 1. The Balaban J connectivity index is 1.17. The van der Waals surface area contributed by atoms with Crippen LogP contribution in [-0.2, 0) is 18.3 Å². The fourth-order valence-electron chi connectivity index (χ4n) is 5.77. The summed E-state index contributed by atoms with van der Waals surface area (Å²) >= 11 is 6.38. The minimum absolute atomic E-state index is 0.0269. The van der Waals surface area contributed by atoms with Crippen molar-refractivity contribution >= 4 is 29.1 Å². The number of rotatable bonds is 9. The Morgan fingerprint density at radius 3 is 2.51 bits per heavy atom. The SMILES string of the molecule is COCCn1ncc(-c2ccc(-c3cnc(C(=O)Nc4ccc(C(=O)N[C@H]5C6CNC[C@@H]65)c(Cl)c4)n3C)c(F)c2F)c1C. The lowest BCUT2D eigenvalue weighted by atomic mass is 10.0. The van der Waals surface area contributed by atoms with Crippen LogP contribution < -0.4 is 16.0 Å². The van der Waals surface area contributed by atoms with E-state index in [0.29, 0.717) is 47.5 Å². The van der Waals surface area contributed by atoms with Gasteiger partial charge >= 0.3 is 0 Å². The number of imidazole rings is 1. The predicted molar refractivity (Wildman–Crippen MR) is 157 cm³/mol. The van der Waals surface area contributed by atoms with E-state index < -0.39 is 17.5 Å². The zero-order valence-electron chi connectivity index (χ0n) is 23.7. The van der Waals surface area contributed by atoms with Gasteiger partial charge in [-0.1, -0.05) is 17.7 Å². The summed E-state index contributed by atoms with van der Waals surface area (Å²) < 4.78 is 38.8. The average Bonchev–Trinajstić information content (AvgIpc) is 3.37. The van der Waals surface area contributed by atoms with Crippen LogP contribution in [0.1, 0.15) is 26.7 Å². The molecule has 2 amide bonds. The van der Waals surface area contributed by atoms with Crippen LogP contribution >= 0.6 is 11.6 Å². The summed E-state index contributed by atoms with van der Waals surface area (Å²) in [5, 5.41) is 13.5. The maximum Gasteiger partial charge on any atom is 0.291 e. The number of carbonyl (C=O) groups excluding carboxylic acids is 2. The van der Waals surface area contributed by atoms with Crippen molar-refractivity contribution in [2.75, 3.05) is 32.1 Å². The first-order chi connectivity index (χ1) is 20.7. The van der Waals surface area contributed by atoms with Crippen molar-refractivity contribution in [1.82, 2.24) is 30.0 Å². The molecule has 13 heteroatoms. The Morgan fingerprint density at radius 1 is 1.07 bits per heavy atom. The summed E-state index contributed by atoms with van der Waals surface area (Å²) in [4.78, 5) is 29.9. The van der Waals surface area contributed by atoms with E-state index in [0.717, 1.165) is 13.1 Å². The molecule has 4 aromatic rings. The van der Waals surface area contributed by atoms with Gasteiger partial charge in [-0.25, -0.2) is 13.8 Å². The summed E-state index contributed by atoms with van der Waals surface area (Å²) in [6.45, 7) is 4.50. The molecule has 10 nitrogen and oxygen atoms in total. The smallest absolute Gasteiger partial charge is 0.291 e. The average molecular weight is 610 g/mol. The third-order valence-electron chi connectivity index (χ3n) is 8.31. The van der Waals surface area contributed by atoms with E-state index in [-0.39, 0.29) is 39.6 Å². The fourth-order valence-corrected chi connectivity index (χ4v) is 6.03. The Bertz CT molecular complexity index is 1730. The van der Waals surface area contributed by atoms with Gasteiger partial charge in [0, 0.05) is 61.4 Å². The molecule has 6 rings (SSSR count).